The summed E-state index contributed by atoms with van der Waals surface area (Å²) in [6.07, 6.45) is 0. The van der Waals surface area contributed by atoms with Crippen LogP contribution in [-0.4, -0.2) is 4.98 Å². The van der Waals surface area contributed by atoms with E-state index in [9.17, 15) is 17.6 Å². The molecule has 0 fully saturated rings. The molecule has 1 aromatic heterocycles. The highest BCUT2D eigenvalue weighted by atomic mass is 35.5. The van der Waals surface area contributed by atoms with Crippen LogP contribution in [0.3, 0.4) is 0 Å². The maximum absolute atomic E-state index is 13.3. The van der Waals surface area contributed by atoms with Gasteiger partial charge in [0, 0.05) is 5.02 Å². The lowest BCUT2D eigenvalue weighted by Gasteiger charge is -2.09. The van der Waals surface area contributed by atoms with Crippen LogP contribution in [0.5, 0.6) is 11.5 Å². The lowest BCUT2D eigenvalue weighted by molar-refractivity contribution is 0.343. The zero-order valence-corrected chi connectivity index (χ0v) is 10.2. The van der Waals surface area contributed by atoms with E-state index in [-0.39, 0.29) is 5.75 Å². The van der Waals surface area contributed by atoms with Crippen LogP contribution in [0.4, 0.5) is 17.6 Å². The zero-order valence-electron chi connectivity index (χ0n) is 9.48. The standard InChI is InChI=1S/C12H6ClF4NO/c1-5-4-6(2-3-7(5)13)19-10-8(14)11(16)18-12(17)9(10)15/h2-4H,1H3. The van der Waals surface area contributed by atoms with Gasteiger partial charge >= 0.3 is 0 Å². The molecule has 0 radical (unpaired) electrons. The molecule has 1 aromatic carbocycles. The Balaban J connectivity index is 2.46. The number of halogens is 5. The number of aromatic nitrogens is 1. The highest BCUT2D eigenvalue weighted by Crippen LogP contribution is 2.31. The third-order valence-corrected chi connectivity index (χ3v) is 2.73. The summed E-state index contributed by atoms with van der Waals surface area (Å²) in [5, 5.41) is 0.417. The van der Waals surface area contributed by atoms with E-state index in [4.69, 9.17) is 16.3 Å². The van der Waals surface area contributed by atoms with Crippen LogP contribution in [0.15, 0.2) is 18.2 Å². The van der Waals surface area contributed by atoms with E-state index in [1.807, 2.05) is 0 Å². The quantitative estimate of drug-likeness (QED) is 0.604. The van der Waals surface area contributed by atoms with Crippen molar-refractivity contribution in [1.29, 1.82) is 0 Å². The van der Waals surface area contributed by atoms with Gasteiger partial charge in [0.2, 0.25) is 17.4 Å². The van der Waals surface area contributed by atoms with Crippen molar-refractivity contribution in [3.63, 3.8) is 0 Å². The van der Waals surface area contributed by atoms with Gasteiger partial charge in [-0.2, -0.15) is 22.5 Å². The number of hydrogen-bond acceptors (Lipinski definition) is 2. The van der Waals surface area contributed by atoms with Crippen molar-refractivity contribution in [1.82, 2.24) is 4.98 Å². The van der Waals surface area contributed by atoms with Crippen LogP contribution in [0.1, 0.15) is 5.56 Å². The van der Waals surface area contributed by atoms with Gasteiger partial charge in [-0.1, -0.05) is 11.6 Å². The predicted octanol–water partition coefficient (Wildman–Crippen LogP) is 4.39. The van der Waals surface area contributed by atoms with E-state index in [1.165, 1.54) is 18.2 Å². The smallest absolute Gasteiger partial charge is 0.255 e. The molecule has 0 amide bonds. The lowest BCUT2D eigenvalue weighted by Crippen LogP contribution is -2.03. The van der Waals surface area contributed by atoms with Crippen molar-refractivity contribution in [2.45, 2.75) is 6.92 Å². The van der Waals surface area contributed by atoms with Gasteiger partial charge in [-0.05, 0) is 30.7 Å². The Hall–Kier alpha value is -1.82. The molecular weight excluding hydrogens is 286 g/mol. The van der Waals surface area contributed by atoms with Gasteiger partial charge in [-0.25, -0.2) is 0 Å². The maximum atomic E-state index is 13.3. The van der Waals surface area contributed by atoms with E-state index in [2.05, 4.69) is 4.98 Å². The molecule has 0 atom stereocenters. The SMILES string of the molecule is Cc1cc(Oc2c(F)c(F)nc(F)c2F)ccc1Cl. The zero-order chi connectivity index (χ0) is 14.2. The van der Waals surface area contributed by atoms with Gasteiger partial charge in [-0.3, -0.25) is 0 Å². The molecule has 0 aliphatic carbocycles. The number of aryl methyl sites for hydroxylation is 1. The van der Waals surface area contributed by atoms with Gasteiger partial charge in [-0.15, -0.1) is 0 Å². The van der Waals surface area contributed by atoms with Gasteiger partial charge in [0.1, 0.15) is 5.75 Å². The first-order valence-electron chi connectivity index (χ1n) is 5.04. The second kappa shape index (κ2) is 5.05. The number of ether oxygens (including phenoxy) is 1. The summed E-state index contributed by atoms with van der Waals surface area (Å²) in [5.41, 5.74) is 0.579. The minimum Gasteiger partial charge on any atom is -0.451 e. The molecule has 0 aliphatic rings. The molecule has 0 spiro atoms. The lowest BCUT2D eigenvalue weighted by atomic mass is 10.2. The average Bonchev–Trinajstić information content (AvgIpc) is 2.36. The summed E-state index contributed by atoms with van der Waals surface area (Å²) in [5.74, 6) is -8.16. The molecule has 0 unspecified atom stereocenters. The van der Waals surface area contributed by atoms with E-state index in [0.717, 1.165) is 0 Å². The summed E-state index contributed by atoms with van der Waals surface area (Å²) in [6, 6.07) is 4.11. The first-order valence-corrected chi connectivity index (χ1v) is 5.42. The Kier molecular flexibility index (Phi) is 3.61. The monoisotopic (exact) mass is 291 g/mol. The molecule has 0 saturated heterocycles. The summed E-state index contributed by atoms with van der Waals surface area (Å²) in [4.78, 5) is 2.42. The summed E-state index contributed by atoms with van der Waals surface area (Å²) in [7, 11) is 0. The van der Waals surface area contributed by atoms with Crippen LogP contribution in [-0.2, 0) is 0 Å². The molecule has 2 rings (SSSR count). The third-order valence-electron chi connectivity index (χ3n) is 2.31. The minimum atomic E-state index is -1.78. The maximum Gasteiger partial charge on any atom is 0.255 e. The first-order chi connectivity index (χ1) is 8.90. The van der Waals surface area contributed by atoms with Gasteiger partial charge in [0.15, 0.2) is 0 Å². The molecule has 2 aromatic rings. The van der Waals surface area contributed by atoms with E-state index in [0.29, 0.717) is 10.6 Å². The largest absolute Gasteiger partial charge is 0.451 e. The van der Waals surface area contributed by atoms with Crippen LogP contribution in [0.2, 0.25) is 5.02 Å². The molecule has 0 N–H and O–H groups in total. The molecule has 2 nitrogen and oxygen atoms in total. The Morgan fingerprint density at radius 2 is 1.63 bits per heavy atom. The minimum absolute atomic E-state index is 0.00954. The topological polar surface area (TPSA) is 22.1 Å². The van der Waals surface area contributed by atoms with Crippen LogP contribution in [0, 0.1) is 30.5 Å². The Bertz CT molecular complexity index is 622. The van der Waals surface area contributed by atoms with E-state index >= 15 is 0 Å². The fourth-order valence-corrected chi connectivity index (χ4v) is 1.47. The highest BCUT2D eigenvalue weighted by molar-refractivity contribution is 6.31. The number of hydrogen-bond donors (Lipinski definition) is 0. The number of benzene rings is 1. The first kappa shape index (κ1) is 13.6. The molecule has 100 valence electrons. The molecular formula is C12H6ClF4NO. The molecule has 0 aliphatic heterocycles. The van der Waals surface area contributed by atoms with Gasteiger partial charge < -0.3 is 4.74 Å². The number of rotatable bonds is 2. The van der Waals surface area contributed by atoms with E-state index in [1.54, 1.807) is 6.92 Å². The molecule has 0 saturated carbocycles. The second-order valence-electron chi connectivity index (χ2n) is 3.66. The third kappa shape index (κ3) is 2.63. The van der Waals surface area contributed by atoms with Crippen molar-refractivity contribution < 1.29 is 22.3 Å². The van der Waals surface area contributed by atoms with Crippen molar-refractivity contribution in [2.24, 2.45) is 0 Å². The molecule has 1 heterocycles. The van der Waals surface area contributed by atoms with Crippen molar-refractivity contribution in [2.75, 3.05) is 0 Å². The van der Waals surface area contributed by atoms with Gasteiger partial charge in [0.05, 0.1) is 0 Å². The fraction of sp³-hybridized carbons (Fsp3) is 0.0833. The second-order valence-corrected chi connectivity index (χ2v) is 4.07. The van der Waals surface area contributed by atoms with Crippen LogP contribution in [0.25, 0.3) is 0 Å². The molecule has 0 bridgehead atoms. The Morgan fingerprint density at radius 3 is 2.16 bits per heavy atom. The van der Waals surface area contributed by atoms with Crippen molar-refractivity contribution in [3.05, 3.63) is 52.3 Å². The van der Waals surface area contributed by atoms with Crippen LogP contribution < -0.4 is 4.74 Å². The van der Waals surface area contributed by atoms with Gasteiger partial charge in [0.25, 0.3) is 11.9 Å². The normalized spacial score (nSPS) is 10.6. The van der Waals surface area contributed by atoms with Crippen molar-refractivity contribution in [3.8, 4) is 11.5 Å². The number of pyridine rings is 1. The predicted molar refractivity (Wildman–Crippen MR) is 60.3 cm³/mol. The summed E-state index contributed by atoms with van der Waals surface area (Å²) in [6.45, 7) is 1.63. The Morgan fingerprint density at radius 1 is 1.05 bits per heavy atom. The van der Waals surface area contributed by atoms with Crippen molar-refractivity contribution >= 4 is 11.6 Å². The van der Waals surface area contributed by atoms with Crippen LogP contribution >= 0.6 is 11.6 Å². The highest BCUT2D eigenvalue weighted by Gasteiger charge is 2.22. The summed E-state index contributed by atoms with van der Waals surface area (Å²) < 4.78 is 57.2. The Labute approximate surface area is 110 Å². The summed E-state index contributed by atoms with van der Waals surface area (Å²) >= 11 is 5.76. The van der Waals surface area contributed by atoms with E-state index < -0.39 is 29.3 Å². The molecule has 19 heavy (non-hydrogen) atoms. The fourth-order valence-electron chi connectivity index (χ4n) is 1.36. The average molecular weight is 292 g/mol. The number of nitrogens with zero attached hydrogens (tertiary/aromatic N) is 1. The molecule has 7 heteroatoms.